The van der Waals surface area contributed by atoms with E-state index >= 15 is 0 Å². The number of nitrogens with one attached hydrogen (secondary N) is 2. The van der Waals surface area contributed by atoms with Crippen LogP contribution >= 0.6 is 11.3 Å². The Morgan fingerprint density at radius 1 is 1.10 bits per heavy atom. The Kier molecular flexibility index (Phi) is 9.09. The third-order valence-electron chi connectivity index (χ3n) is 6.87. The fourth-order valence-electron chi connectivity index (χ4n) is 5.16. The molecule has 2 fully saturated rings. The Morgan fingerprint density at radius 3 is 2.44 bits per heavy atom. The summed E-state index contributed by atoms with van der Waals surface area (Å²) < 4.78 is 76.1. The van der Waals surface area contributed by atoms with Gasteiger partial charge in [0, 0.05) is 12.1 Å². The number of sulfonamides is 1. The van der Waals surface area contributed by atoms with E-state index in [0.717, 1.165) is 68.4 Å². The Morgan fingerprint density at radius 2 is 1.82 bits per heavy atom. The third kappa shape index (κ3) is 7.80. The Labute approximate surface area is 232 Å². The Bertz CT molecular complexity index is 1270. The van der Waals surface area contributed by atoms with E-state index in [-0.39, 0.29) is 22.5 Å². The second-order valence-corrected chi connectivity index (χ2v) is 14.1. The zero-order valence-electron chi connectivity index (χ0n) is 22.5. The minimum Gasteiger partial charge on any atom is -0.379 e. The maximum absolute atomic E-state index is 14.2. The number of carbonyl (C=O) groups is 1. The molecular weight excluding hydrogens is 551 g/mol. The van der Waals surface area contributed by atoms with Gasteiger partial charge in [0.1, 0.15) is 0 Å². The highest BCUT2D eigenvalue weighted by molar-refractivity contribution is 7.89. The molecule has 1 aliphatic heterocycles. The predicted octanol–water partition coefficient (Wildman–Crippen LogP) is 5.94. The van der Waals surface area contributed by atoms with Crippen LogP contribution in [-0.2, 0) is 27.4 Å². The van der Waals surface area contributed by atoms with Crippen molar-refractivity contribution in [1.82, 2.24) is 15.0 Å². The molecule has 4 rings (SSSR count). The van der Waals surface area contributed by atoms with Crippen LogP contribution in [0.3, 0.4) is 0 Å². The maximum atomic E-state index is 14.2. The van der Waals surface area contributed by atoms with Crippen molar-refractivity contribution in [2.24, 2.45) is 5.92 Å². The number of hydrogen-bond donors (Lipinski definition) is 2. The fraction of sp³-hybridized carbons (Fsp3) is 0.630. The van der Waals surface area contributed by atoms with Crippen molar-refractivity contribution < 1.29 is 31.1 Å². The minimum absolute atomic E-state index is 0.142. The molecule has 1 atom stereocenters. The van der Waals surface area contributed by atoms with Crippen LogP contribution in [-0.4, -0.2) is 44.1 Å². The molecule has 2 aliphatic rings. The number of benzene rings is 1. The average Bonchev–Trinajstić information content (AvgIpc) is 3.27. The molecule has 39 heavy (non-hydrogen) atoms. The second kappa shape index (κ2) is 11.8. The standard InChI is InChI=1S/C27H36F3N3O4S2/c1-26(2,3)33-39(35,36)22-12-11-18(15-20(22)27(28,29)30)23-21(14-17-8-5-4-6-9-17)32-25(38-23)24(34)31-19-10-7-13-37-16-19/h11-12,15,17,19,33H,4-10,13-14,16H2,1-3H3,(H,31,34). The van der Waals surface area contributed by atoms with Gasteiger partial charge in [-0.1, -0.05) is 38.2 Å². The van der Waals surface area contributed by atoms with Gasteiger partial charge in [-0.2, -0.15) is 13.2 Å². The van der Waals surface area contributed by atoms with Crippen LogP contribution in [0.1, 0.15) is 86.8 Å². The Balaban J connectivity index is 1.74. The van der Waals surface area contributed by atoms with Crippen LogP contribution in [0, 0.1) is 5.92 Å². The highest BCUT2D eigenvalue weighted by Crippen LogP contribution is 2.40. The summed E-state index contributed by atoms with van der Waals surface area (Å²) in [6.07, 6.45) is 2.60. The first-order chi connectivity index (χ1) is 18.2. The first kappa shape index (κ1) is 30.0. The van der Waals surface area contributed by atoms with Gasteiger partial charge in [-0.3, -0.25) is 4.79 Å². The predicted molar refractivity (Wildman–Crippen MR) is 144 cm³/mol. The summed E-state index contributed by atoms with van der Waals surface area (Å²) in [7, 11) is -4.45. The molecular formula is C27H36F3N3O4S2. The SMILES string of the molecule is CC(C)(C)NS(=O)(=O)c1ccc(-c2sc(C(=O)NC3CCCOC3)nc2CC2CCCCC2)cc1C(F)(F)F. The van der Waals surface area contributed by atoms with E-state index in [1.807, 2.05) is 0 Å². The lowest BCUT2D eigenvalue weighted by atomic mass is 9.85. The van der Waals surface area contributed by atoms with Crippen molar-refractivity contribution >= 4 is 27.3 Å². The van der Waals surface area contributed by atoms with Crippen LogP contribution in [0.5, 0.6) is 0 Å². The molecule has 1 aromatic carbocycles. The molecule has 1 unspecified atom stereocenters. The summed E-state index contributed by atoms with van der Waals surface area (Å²) in [6.45, 7) is 5.75. The van der Waals surface area contributed by atoms with Gasteiger partial charge in [0.25, 0.3) is 5.91 Å². The van der Waals surface area contributed by atoms with E-state index in [4.69, 9.17) is 4.74 Å². The van der Waals surface area contributed by atoms with E-state index in [1.54, 1.807) is 20.8 Å². The van der Waals surface area contributed by atoms with Gasteiger partial charge in [0.2, 0.25) is 10.0 Å². The highest BCUT2D eigenvalue weighted by Gasteiger charge is 2.39. The van der Waals surface area contributed by atoms with Crippen LogP contribution in [0.15, 0.2) is 23.1 Å². The second-order valence-electron chi connectivity index (χ2n) is 11.5. The number of carbonyl (C=O) groups excluding carboxylic acids is 1. The van der Waals surface area contributed by atoms with Crippen molar-refractivity contribution in [2.75, 3.05) is 13.2 Å². The van der Waals surface area contributed by atoms with Crippen LogP contribution in [0.25, 0.3) is 10.4 Å². The summed E-state index contributed by atoms with van der Waals surface area (Å²) in [6, 6.07) is 3.10. The summed E-state index contributed by atoms with van der Waals surface area (Å²) in [5.41, 5.74) is -1.44. The lowest BCUT2D eigenvalue weighted by Crippen LogP contribution is -2.41. The van der Waals surface area contributed by atoms with Gasteiger partial charge in [-0.05, 0) is 63.6 Å². The molecule has 0 radical (unpaired) electrons. The molecule has 216 valence electrons. The molecule has 1 aromatic heterocycles. The molecule has 0 spiro atoms. The van der Waals surface area contributed by atoms with Crippen molar-refractivity contribution in [2.45, 2.75) is 94.8 Å². The van der Waals surface area contributed by atoms with Crippen molar-refractivity contribution in [3.05, 3.63) is 34.5 Å². The van der Waals surface area contributed by atoms with E-state index in [0.29, 0.717) is 36.1 Å². The zero-order chi connectivity index (χ0) is 28.4. The molecule has 1 aliphatic carbocycles. The maximum Gasteiger partial charge on any atom is 0.417 e. The van der Waals surface area contributed by atoms with Gasteiger partial charge in [0.05, 0.1) is 33.7 Å². The van der Waals surface area contributed by atoms with E-state index in [2.05, 4.69) is 15.0 Å². The number of thiazole rings is 1. The normalized spacial score (nSPS) is 19.7. The lowest BCUT2D eigenvalue weighted by molar-refractivity contribution is -0.139. The largest absolute Gasteiger partial charge is 0.417 e. The molecule has 2 aromatic rings. The number of rotatable bonds is 7. The summed E-state index contributed by atoms with van der Waals surface area (Å²) in [5.74, 6) is -0.0451. The summed E-state index contributed by atoms with van der Waals surface area (Å²) in [4.78, 5) is 17.3. The summed E-state index contributed by atoms with van der Waals surface area (Å²) >= 11 is 1.04. The van der Waals surface area contributed by atoms with Gasteiger partial charge < -0.3 is 10.1 Å². The number of nitrogens with zero attached hydrogens (tertiary/aromatic N) is 1. The van der Waals surface area contributed by atoms with Crippen molar-refractivity contribution in [1.29, 1.82) is 0 Å². The van der Waals surface area contributed by atoms with Gasteiger partial charge in [-0.25, -0.2) is 18.1 Å². The number of ether oxygens (including phenoxy) is 1. The smallest absolute Gasteiger partial charge is 0.379 e. The van der Waals surface area contributed by atoms with Gasteiger partial charge >= 0.3 is 6.18 Å². The number of amides is 1. The van der Waals surface area contributed by atoms with Crippen LogP contribution in [0.2, 0.25) is 0 Å². The lowest BCUT2D eigenvalue weighted by Gasteiger charge is -2.23. The highest BCUT2D eigenvalue weighted by atomic mass is 32.2. The molecule has 1 amide bonds. The van der Waals surface area contributed by atoms with Gasteiger partial charge in [-0.15, -0.1) is 11.3 Å². The number of halogens is 3. The zero-order valence-corrected chi connectivity index (χ0v) is 24.1. The first-order valence-electron chi connectivity index (χ1n) is 13.4. The molecule has 1 saturated carbocycles. The van der Waals surface area contributed by atoms with E-state index < -0.39 is 32.2 Å². The monoisotopic (exact) mass is 587 g/mol. The molecule has 2 N–H and O–H groups in total. The molecule has 1 saturated heterocycles. The molecule has 2 heterocycles. The Hall–Kier alpha value is -2.02. The van der Waals surface area contributed by atoms with Crippen molar-refractivity contribution in [3.8, 4) is 10.4 Å². The third-order valence-corrected chi connectivity index (χ3v) is 9.83. The van der Waals surface area contributed by atoms with Crippen LogP contribution in [0.4, 0.5) is 13.2 Å². The fourth-order valence-corrected chi connectivity index (χ4v) is 7.78. The van der Waals surface area contributed by atoms with Crippen LogP contribution < -0.4 is 10.0 Å². The number of aromatic nitrogens is 1. The van der Waals surface area contributed by atoms with E-state index in [1.165, 1.54) is 6.07 Å². The number of hydrogen-bond acceptors (Lipinski definition) is 6. The molecule has 0 bridgehead atoms. The quantitative estimate of drug-likeness (QED) is 0.418. The number of alkyl halides is 3. The summed E-state index contributed by atoms with van der Waals surface area (Å²) in [5, 5.41) is 3.12. The van der Waals surface area contributed by atoms with Gasteiger partial charge in [0.15, 0.2) is 5.01 Å². The topological polar surface area (TPSA) is 97.4 Å². The van der Waals surface area contributed by atoms with E-state index in [9.17, 15) is 26.4 Å². The average molecular weight is 588 g/mol. The first-order valence-corrected chi connectivity index (χ1v) is 15.7. The van der Waals surface area contributed by atoms with Crippen molar-refractivity contribution in [3.63, 3.8) is 0 Å². The molecule has 12 heteroatoms. The minimum atomic E-state index is -4.91. The molecule has 7 nitrogen and oxygen atoms in total.